The molecule has 0 unspecified atom stereocenters. The first-order valence-corrected chi connectivity index (χ1v) is 9.31. The van der Waals surface area contributed by atoms with E-state index >= 15 is 0 Å². The molecule has 0 aliphatic carbocycles. The van der Waals surface area contributed by atoms with E-state index in [9.17, 15) is 17.2 Å². The van der Waals surface area contributed by atoms with E-state index in [1.165, 1.54) is 18.2 Å². The van der Waals surface area contributed by atoms with Crippen LogP contribution < -0.4 is 0 Å². The van der Waals surface area contributed by atoms with Gasteiger partial charge in [0.1, 0.15) is 0 Å². The number of ether oxygens (including phenoxy) is 1. The summed E-state index contributed by atoms with van der Waals surface area (Å²) < 4.78 is 55.5. The SMILES string of the molecule is CS(=O)(=O)c1ccc(/C(=C2\CCOC2)c2ccc(F)c(F)c2)cc1. The zero-order valence-electron chi connectivity index (χ0n) is 13.1. The molecule has 0 saturated carbocycles. The summed E-state index contributed by atoms with van der Waals surface area (Å²) in [6.45, 7) is 0.992. The molecule has 1 saturated heterocycles. The third-order valence-electron chi connectivity index (χ3n) is 3.96. The smallest absolute Gasteiger partial charge is 0.175 e. The molecular formula is C18H16F2O3S. The van der Waals surface area contributed by atoms with Gasteiger partial charge in [0.15, 0.2) is 21.5 Å². The van der Waals surface area contributed by atoms with Crippen LogP contribution in [0.15, 0.2) is 52.9 Å². The van der Waals surface area contributed by atoms with Crippen LogP contribution in [0.2, 0.25) is 0 Å². The Bertz CT molecular complexity index is 892. The second kappa shape index (κ2) is 6.45. The quantitative estimate of drug-likeness (QED) is 0.850. The van der Waals surface area contributed by atoms with Gasteiger partial charge in [-0.1, -0.05) is 18.2 Å². The largest absolute Gasteiger partial charge is 0.377 e. The average Bonchev–Trinajstić information content (AvgIpc) is 3.05. The van der Waals surface area contributed by atoms with E-state index in [2.05, 4.69) is 0 Å². The Morgan fingerprint density at radius 3 is 2.21 bits per heavy atom. The molecule has 1 aliphatic heterocycles. The Labute approximate surface area is 139 Å². The predicted octanol–water partition coefficient (Wildman–Crippen LogP) is 3.59. The van der Waals surface area contributed by atoms with E-state index in [1.54, 1.807) is 12.1 Å². The van der Waals surface area contributed by atoms with Gasteiger partial charge in [-0.15, -0.1) is 0 Å². The molecule has 0 amide bonds. The molecule has 24 heavy (non-hydrogen) atoms. The minimum Gasteiger partial charge on any atom is -0.377 e. The second-order valence-corrected chi connectivity index (χ2v) is 7.72. The minimum atomic E-state index is -3.29. The summed E-state index contributed by atoms with van der Waals surface area (Å²) in [5.41, 5.74) is 3.02. The lowest BCUT2D eigenvalue weighted by atomic mass is 9.92. The Morgan fingerprint density at radius 2 is 1.67 bits per heavy atom. The zero-order valence-corrected chi connectivity index (χ0v) is 13.9. The molecule has 0 radical (unpaired) electrons. The standard InChI is InChI=1S/C18H16F2O3S/c1-24(21,22)15-5-2-12(3-6-15)18(14-8-9-23-11-14)13-4-7-16(19)17(20)10-13/h2-7,10H,8-9,11H2,1H3/b18-14-. The van der Waals surface area contributed by atoms with Gasteiger partial charge in [0.25, 0.3) is 0 Å². The molecule has 1 heterocycles. The third-order valence-corrected chi connectivity index (χ3v) is 5.09. The normalized spacial score (nSPS) is 17.1. The fourth-order valence-electron chi connectivity index (χ4n) is 2.76. The van der Waals surface area contributed by atoms with Crippen molar-refractivity contribution >= 4 is 15.4 Å². The van der Waals surface area contributed by atoms with Crippen molar-refractivity contribution in [3.8, 4) is 0 Å². The van der Waals surface area contributed by atoms with Crippen molar-refractivity contribution in [3.05, 3.63) is 70.8 Å². The molecule has 126 valence electrons. The highest BCUT2D eigenvalue weighted by atomic mass is 32.2. The monoisotopic (exact) mass is 350 g/mol. The molecule has 0 N–H and O–H groups in total. The van der Waals surface area contributed by atoms with Gasteiger partial charge in [-0.3, -0.25) is 0 Å². The van der Waals surface area contributed by atoms with Gasteiger partial charge in [0.05, 0.1) is 18.1 Å². The third kappa shape index (κ3) is 3.39. The van der Waals surface area contributed by atoms with Crippen molar-refractivity contribution in [2.24, 2.45) is 0 Å². The van der Waals surface area contributed by atoms with Crippen molar-refractivity contribution in [2.75, 3.05) is 19.5 Å². The van der Waals surface area contributed by atoms with Crippen LogP contribution in [0.3, 0.4) is 0 Å². The van der Waals surface area contributed by atoms with E-state index in [0.29, 0.717) is 25.2 Å². The number of benzene rings is 2. The maximum absolute atomic E-state index is 13.7. The van der Waals surface area contributed by atoms with Gasteiger partial charge in [-0.05, 0) is 53.0 Å². The lowest BCUT2D eigenvalue weighted by molar-refractivity contribution is 0.205. The van der Waals surface area contributed by atoms with E-state index in [1.807, 2.05) is 0 Å². The molecule has 0 spiro atoms. The molecule has 0 atom stereocenters. The highest BCUT2D eigenvalue weighted by Gasteiger charge is 2.18. The fourth-order valence-corrected chi connectivity index (χ4v) is 3.39. The minimum absolute atomic E-state index is 0.212. The van der Waals surface area contributed by atoms with Crippen LogP contribution in [-0.2, 0) is 14.6 Å². The summed E-state index contributed by atoms with van der Waals surface area (Å²) in [6.07, 6.45) is 1.84. The van der Waals surface area contributed by atoms with Crippen LogP contribution in [0.25, 0.3) is 5.57 Å². The van der Waals surface area contributed by atoms with Gasteiger partial charge in [0.2, 0.25) is 0 Å². The van der Waals surface area contributed by atoms with E-state index in [4.69, 9.17) is 4.74 Å². The van der Waals surface area contributed by atoms with Crippen LogP contribution in [0.1, 0.15) is 17.5 Å². The van der Waals surface area contributed by atoms with Gasteiger partial charge in [0, 0.05) is 6.26 Å². The first-order valence-electron chi connectivity index (χ1n) is 7.42. The van der Waals surface area contributed by atoms with Gasteiger partial charge >= 0.3 is 0 Å². The van der Waals surface area contributed by atoms with Gasteiger partial charge in [-0.2, -0.15) is 0 Å². The Hall–Kier alpha value is -2.05. The van der Waals surface area contributed by atoms with Crippen LogP contribution in [0.5, 0.6) is 0 Å². The zero-order chi connectivity index (χ0) is 17.3. The predicted molar refractivity (Wildman–Crippen MR) is 87.4 cm³/mol. The number of sulfone groups is 1. The van der Waals surface area contributed by atoms with E-state index in [-0.39, 0.29) is 4.90 Å². The highest BCUT2D eigenvalue weighted by molar-refractivity contribution is 7.90. The topological polar surface area (TPSA) is 43.4 Å². The molecular weight excluding hydrogens is 334 g/mol. The number of halogens is 2. The average molecular weight is 350 g/mol. The first-order chi connectivity index (χ1) is 11.4. The fraction of sp³-hybridized carbons (Fsp3) is 0.222. The highest BCUT2D eigenvalue weighted by Crippen LogP contribution is 2.32. The lowest BCUT2D eigenvalue weighted by Crippen LogP contribution is -2.00. The van der Waals surface area contributed by atoms with Crippen LogP contribution in [0.4, 0.5) is 8.78 Å². The molecule has 2 aromatic carbocycles. The molecule has 3 rings (SSSR count). The van der Waals surface area contributed by atoms with Gasteiger partial charge < -0.3 is 4.74 Å². The van der Waals surface area contributed by atoms with E-state index < -0.39 is 21.5 Å². The summed E-state index contributed by atoms with van der Waals surface area (Å²) in [5.74, 6) is -1.82. The van der Waals surface area contributed by atoms with Crippen molar-refractivity contribution in [3.63, 3.8) is 0 Å². The van der Waals surface area contributed by atoms with Crippen molar-refractivity contribution in [1.29, 1.82) is 0 Å². The van der Waals surface area contributed by atoms with Crippen molar-refractivity contribution in [2.45, 2.75) is 11.3 Å². The summed E-state index contributed by atoms with van der Waals surface area (Å²) in [5, 5.41) is 0. The molecule has 1 fully saturated rings. The Balaban J connectivity index is 2.13. The first kappa shape index (κ1) is 16.8. The maximum Gasteiger partial charge on any atom is 0.175 e. The Kier molecular flexibility index (Phi) is 4.51. The summed E-state index contributed by atoms with van der Waals surface area (Å²) in [6, 6.07) is 10.1. The second-order valence-electron chi connectivity index (χ2n) is 5.71. The Morgan fingerprint density at radius 1 is 1.00 bits per heavy atom. The molecule has 2 aromatic rings. The lowest BCUT2D eigenvalue weighted by Gasteiger charge is -2.13. The molecule has 1 aliphatic rings. The maximum atomic E-state index is 13.7. The molecule has 0 aromatic heterocycles. The van der Waals surface area contributed by atoms with Crippen molar-refractivity contribution < 1.29 is 21.9 Å². The summed E-state index contributed by atoms with van der Waals surface area (Å²) >= 11 is 0. The summed E-state index contributed by atoms with van der Waals surface area (Å²) in [4.78, 5) is 0.212. The van der Waals surface area contributed by atoms with Crippen LogP contribution >= 0.6 is 0 Å². The van der Waals surface area contributed by atoms with Crippen LogP contribution in [-0.4, -0.2) is 27.9 Å². The van der Waals surface area contributed by atoms with Crippen LogP contribution in [0, 0.1) is 11.6 Å². The molecule has 0 bridgehead atoms. The van der Waals surface area contributed by atoms with Gasteiger partial charge in [-0.25, -0.2) is 17.2 Å². The molecule has 6 heteroatoms. The summed E-state index contributed by atoms with van der Waals surface area (Å²) in [7, 11) is -3.29. The molecule has 3 nitrogen and oxygen atoms in total. The number of hydrogen-bond acceptors (Lipinski definition) is 3. The number of rotatable bonds is 3. The van der Waals surface area contributed by atoms with Crippen molar-refractivity contribution in [1.82, 2.24) is 0 Å². The van der Waals surface area contributed by atoms with E-state index in [0.717, 1.165) is 35.1 Å². The number of hydrogen-bond donors (Lipinski definition) is 0.